The minimum absolute atomic E-state index is 0.127. The van der Waals surface area contributed by atoms with Crippen molar-refractivity contribution in [3.05, 3.63) is 59.7 Å². The van der Waals surface area contributed by atoms with E-state index in [1.807, 2.05) is 6.33 Å². The summed E-state index contributed by atoms with van der Waals surface area (Å²) in [6.07, 6.45) is 5.39. The highest BCUT2D eigenvalue weighted by Gasteiger charge is 2.33. The Morgan fingerprint density at radius 3 is 2.87 bits per heavy atom. The first kappa shape index (κ1) is 19.1. The standard InChI is InChI=1S/C26H31N5/c1-17(2)22-6-4-18-12-21-14-26(3,9-11-30(21)25(18)29-22)19-5-7-23-24(13-19)31(16-28-23)20-8-10-27-15-20/h4-7,12-13,16-17,20,27H,8-11,14-15H2,1-3H3. The third-order valence-electron chi connectivity index (χ3n) is 7.60. The van der Waals surface area contributed by atoms with Crippen LogP contribution in [0.15, 0.2) is 42.7 Å². The van der Waals surface area contributed by atoms with Gasteiger partial charge in [0.15, 0.2) is 0 Å². The van der Waals surface area contributed by atoms with Crippen molar-refractivity contribution in [2.75, 3.05) is 13.1 Å². The van der Waals surface area contributed by atoms with E-state index in [1.54, 1.807) is 0 Å². The number of fused-ring (bicyclic) bond motifs is 4. The molecule has 2 unspecified atom stereocenters. The highest BCUT2D eigenvalue weighted by Crippen LogP contribution is 2.39. The number of aromatic nitrogens is 4. The minimum atomic E-state index is 0.127. The summed E-state index contributed by atoms with van der Waals surface area (Å²) in [6, 6.07) is 14.2. The topological polar surface area (TPSA) is 47.7 Å². The quantitative estimate of drug-likeness (QED) is 0.517. The van der Waals surface area contributed by atoms with Crippen LogP contribution < -0.4 is 5.32 Å². The SMILES string of the molecule is CC(C)c1ccc2cc3n(c2n1)CCC(C)(c1ccc2ncn(C4CCNC4)c2c1)C3. The molecule has 4 aromatic rings. The van der Waals surface area contributed by atoms with E-state index in [9.17, 15) is 0 Å². The molecular weight excluding hydrogens is 382 g/mol. The van der Waals surface area contributed by atoms with Gasteiger partial charge in [-0.2, -0.15) is 0 Å². The summed E-state index contributed by atoms with van der Waals surface area (Å²) in [5.74, 6) is 0.455. The van der Waals surface area contributed by atoms with E-state index >= 15 is 0 Å². The molecular formula is C26H31N5. The third-order valence-corrected chi connectivity index (χ3v) is 7.60. The van der Waals surface area contributed by atoms with Crippen LogP contribution in [0.2, 0.25) is 0 Å². The second-order valence-corrected chi connectivity index (χ2v) is 10.1. The maximum absolute atomic E-state index is 5.00. The highest BCUT2D eigenvalue weighted by atomic mass is 15.1. The second-order valence-electron chi connectivity index (χ2n) is 10.1. The summed E-state index contributed by atoms with van der Waals surface area (Å²) in [6.45, 7) is 10.0. The van der Waals surface area contributed by atoms with Gasteiger partial charge < -0.3 is 14.5 Å². The monoisotopic (exact) mass is 413 g/mol. The van der Waals surface area contributed by atoms with Gasteiger partial charge in [-0.3, -0.25) is 0 Å². The number of rotatable bonds is 3. The molecule has 0 aliphatic carbocycles. The number of nitrogens with one attached hydrogen (secondary N) is 1. The van der Waals surface area contributed by atoms with Crippen molar-refractivity contribution < 1.29 is 0 Å². The molecule has 2 atom stereocenters. The Hall–Kier alpha value is -2.66. The predicted octanol–water partition coefficient (Wildman–Crippen LogP) is 4.95. The number of pyridine rings is 1. The summed E-state index contributed by atoms with van der Waals surface area (Å²) < 4.78 is 4.84. The molecule has 5 nitrogen and oxygen atoms in total. The fourth-order valence-electron chi connectivity index (χ4n) is 5.58. The van der Waals surface area contributed by atoms with E-state index in [2.05, 4.69) is 76.6 Å². The zero-order valence-corrected chi connectivity index (χ0v) is 18.7. The van der Waals surface area contributed by atoms with Crippen LogP contribution in [0.25, 0.3) is 22.1 Å². The van der Waals surface area contributed by atoms with Gasteiger partial charge in [0, 0.05) is 35.9 Å². The lowest BCUT2D eigenvalue weighted by atomic mass is 9.74. The first-order valence-electron chi connectivity index (χ1n) is 11.7. The molecule has 1 N–H and O–H groups in total. The molecule has 0 amide bonds. The lowest BCUT2D eigenvalue weighted by Crippen LogP contribution is -2.32. The summed E-state index contributed by atoms with van der Waals surface area (Å²) in [5.41, 5.74) is 7.69. The summed E-state index contributed by atoms with van der Waals surface area (Å²) in [7, 11) is 0. The predicted molar refractivity (Wildman–Crippen MR) is 126 cm³/mol. The number of hydrogen-bond acceptors (Lipinski definition) is 3. The molecule has 1 fully saturated rings. The van der Waals surface area contributed by atoms with Gasteiger partial charge in [0.2, 0.25) is 0 Å². The maximum Gasteiger partial charge on any atom is 0.140 e. The molecule has 0 spiro atoms. The van der Waals surface area contributed by atoms with Gasteiger partial charge in [-0.15, -0.1) is 0 Å². The van der Waals surface area contributed by atoms with Crippen molar-refractivity contribution in [3.8, 4) is 0 Å². The Balaban J connectivity index is 1.38. The number of hydrogen-bond donors (Lipinski definition) is 1. The van der Waals surface area contributed by atoms with Crippen LogP contribution in [0, 0.1) is 0 Å². The van der Waals surface area contributed by atoms with E-state index in [0.29, 0.717) is 12.0 Å². The largest absolute Gasteiger partial charge is 0.330 e. The molecule has 2 aliphatic rings. The van der Waals surface area contributed by atoms with Crippen molar-refractivity contribution in [1.82, 2.24) is 24.4 Å². The smallest absolute Gasteiger partial charge is 0.140 e. The number of benzene rings is 1. The zero-order chi connectivity index (χ0) is 21.2. The third kappa shape index (κ3) is 3.01. The first-order valence-corrected chi connectivity index (χ1v) is 11.7. The fraction of sp³-hybridized carbons (Fsp3) is 0.462. The molecule has 0 radical (unpaired) electrons. The Morgan fingerprint density at radius 1 is 1.16 bits per heavy atom. The van der Waals surface area contributed by atoms with Gasteiger partial charge >= 0.3 is 0 Å². The van der Waals surface area contributed by atoms with Crippen LogP contribution in [0.4, 0.5) is 0 Å². The zero-order valence-electron chi connectivity index (χ0n) is 18.7. The van der Waals surface area contributed by atoms with E-state index in [1.165, 1.54) is 34.3 Å². The number of imidazole rings is 1. The molecule has 2 aliphatic heterocycles. The van der Waals surface area contributed by atoms with Crippen LogP contribution in [0.3, 0.4) is 0 Å². The second kappa shape index (κ2) is 6.92. The van der Waals surface area contributed by atoms with Crippen molar-refractivity contribution in [2.45, 2.75) is 64.0 Å². The number of aryl methyl sites for hydroxylation is 1. The molecule has 6 rings (SSSR count). The van der Waals surface area contributed by atoms with Crippen molar-refractivity contribution in [2.24, 2.45) is 0 Å². The lowest BCUT2D eigenvalue weighted by Gasteiger charge is -2.35. The number of nitrogens with zero attached hydrogens (tertiary/aromatic N) is 4. The van der Waals surface area contributed by atoms with Gasteiger partial charge in [0.25, 0.3) is 0 Å². The van der Waals surface area contributed by atoms with Gasteiger partial charge in [-0.05, 0) is 73.0 Å². The normalized spacial score (nSPS) is 23.8. The average Bonchev–Trinajstić information content (AvgIpc) is 3.50. The van der Waals surface area contributed by atoms with Gasteiger partial charge in [-0.25, -0.2) is 9.97 Å². The molecule has 3 aromatic heterocycles. The first-order chi connectivity index (χ1) is 15.0. The van der Waals surface area contributed by atoms with E-state index in [0.717, 1.165) is 43.6 Å². The van der Waals surface area contributed by atoms with Crippen LogP contribution in [0.1, 0.15) is 62.5 Å². The summed E-state index contributed by atoms with van der Waals surface area (Å²) >= 11 is 0. The Kier molecular flexibility index (Phi) is 4.26. The van der Waals surface area contributed by atoms with E-state index in [-0.39, 0.29) is 5.41 Å². The van der Waals surface area contributed by atoms with Crippen molar-refractivity contribution in [1.29, 1.82) is 0 Å². The molecule has 5 heterocycles. The van der Waals surface area contributed by atoms with Gasteiger partial charge in [0.1, 0.15) is 5.65 Å². The molecule has 5 heteroatoms. The molecule has 160 valence electrons. The lowest BCUT2D eigenvalue weighted by molar-refractivity contribution is 0.353. The summed E-state index contributed by atoms with van der Waals surface area (Å²) in [5, 5.41) is 4.76. The van der Waals surface area contributed by atoms with Crippen LogP contribution in [-0.2, 0) is 18.4 Å². The Labute approximate surface area is 183 Å². The Bertz CT molecular complexity index is 1270. The highest BCUT2D eigenvalue weighted by molar-refractivity contribution is 5.79. The maximum atomic E-state index is 5.00. The molecule has 1 aromatic carbocycles. The average molecular weight is 414 g/mol. The fourth-order valence-corrected chi connectivity index (χ4v) is 5.58. The molecule has 31 heavy (non-hydrogen) atoms. The minimum Gasteiger partial charge on any atom is -0.330 e. The van der Waals surface area contributed by atoms with Crippen molar-refractivity contribution in [3.63, 3.8) is 0 Å². The van der Waals surface area contributed by atoms with E-state index < -0.39 is 0 Å². The van der Waals surface area contributed by atoms with Gasteiger partial charge in [0.05, 0.1) is 17.4 Å². The van der Waals surface area contributed by atoms with Crippen LogP contribution in [-0.4, -0.2) is 32.2 Å². The van der Waals surface area contributed by atoms with Crippen molar-refractivity contribution >= 4 is 22.1 Å². The molecule has 0 saturated carbocycles. The van der Waals surface area contributed by atoms with Crippen LogP contribution >= 0.6 is 0 Å². The summed E-state index contributed by atoms with van der Waals surface area (Å²) in [4.78, 5) is 9.69. The van der Waals surface area contributed by atoms with Crippen LogP contribution in [0.5, 0.6) is 0 Å². The molecule has 1 saturated heterocycles. The molecule has 0 bridgehead atoms. The van der Waals surface area contributed by atoms with Gasteiger partial charge in [-0.1, -0.05) is 26.8 Å². The van der Waals surface area contributed by atoms with E-state index in [4.69, 9.17) is 4.98 Å². The Morgan fingerprint density at radius 2 is 2.06 bits per heavy atom.